The molecule has 0 bridgehead atoms. The van der Waals surface area contributed by atoms with Crippen molar-refractivity contribution in [3.8, 4) is 5.75 Å². The van der Waals surface area contributed by atoms with E-state index >= 15 is 0 Å². The molecule has 3 rings (SSSR count). The number of nitrogens with zero attached hydrogens (tertiary/aromatic N) is 1. The molecule has 3 nitrogen and oxygen atoms in total. The van der Waals surface area contributed by atoms with E-state index in [-0.39, 0.29) is 6.61 Å². The summed E-state index contributed by atoms with van der Waals surface area (Å²) in [5, 5.41) is 9.08. The van der Waals surface area contributed by atoms with Crippen molar-refractivity contribution in [1.29, 1.82) is 0 Å². The molecule has 1 aliphatic heterocycles. The van der Waals surface area contributed by atoms with Gasteiger partial charge in [0.1, 0.15) is 5.75 Å². The molecule has 2 aromatic carbocycles. The van der Waals surface area contributed by atoms with Crippen LogP contribution in [0.3, 0.4) is 0 Å². The van der Waals surface area contributed by atoms with Crippen molar-refractivity contribution in [2.75, 3.05) is 26.8 Å². The van der Waals surface area contributed by atoms with Gasteiger partial charge in [0.25, 0.3) is 0 Å². The first-order chi connectivity index (χ1) is 12.5. The maximum absolute atomic E-state index is 9.08. The number of benzene rings is 2. The van der Waals surface area contributed by atoms with Crippen LogP contribution < -0.4 is 4.74 Å². The molecule has 0 spiro atoms. The number of likely N-dealkylation sites (tertiary alicyclic amines) is 1. The number of ether oxygens (including phenoxy) is 1. The van der Waals surface area contributed by atoms with Gasteiger partial charge in [-0.25, -0.2) is 0 Å². The number of aliphatic hydroxyl groups is 1. The van der Waals surface area contributed by atoms with E-state index < -0.39 is 0 Å². The lowest BCUT2D eigenvalue weighted by atomic mass is 9.74. The molecular formula is C23H31NO2. The third-order valence-electron chi connectivity index (χ3n) is 6.07. The van der Waals surface area contributed by atoms with Crippen LogP contribution in [-0.4, -0.2) is 36.8 Å². The molecule has 1 N–H and O–H groups in total. The Kier molecular flexibility index (Phi) is 6.00. The van der Waals surface area contributed by atoms with Gasteiger partial charge in [-0.15, -0.1) is 0 Å². The molecule has 26 heavy (non-hydrogen) atoms. The number of aliphatic hydroxyl groups excluding tert-OH is 1. The van der Waals surface area contributed by atoms with E-state index in [1.54, 1.807) is 7.11 Å². The molecule has 0 aliphatic carbocycles. The molecule has 1 fully saturated rings. The van der Waals surface area contributed by atoms with E-state index in [0.29, 0.717) is 11.3 Å². The van der Waals surface area contributed by atoms with Gasteiger partial charge in [0.15, 0.2) is 0 Å². The smallest absolute Gasteiger partial charge is 0.118 e. The second kappa shape index (κ2) is 8.24. The standard InChI is InChI=1S/C23H31NO2/c1-18(21-8-4-19(5-9-21)12-15-25)23(2)13-14-24(17-23)16-20-6-10-22(26-3)11-7-20/h4-11,18,25H,12-17H2,1-3H3/t18-,23-/m1/s1. The fourth-order valence-corrected chi connectivity index (χ4v) is 4.06. The van der Waals surface area contributed by atoms with Crippen LogP contribution >= 0.6 is 0 Å². The summed E-state index contributed by atoms with van der Waals surface area (Å²) in [7, 11) is 1.71. The van der Waals surface area contributed by atoms with Crippen LogP contribution in [0.2, 0.25) is 0 Å². The van der Waals surface area contributed by atoms with E-state index in [1.807, 2.05) is 12.1 Å². The molecular weight excluding hydrogens is 322 g/mol. The Labute approximate surface area is 157 Å². The van der Waals surface area contributed by atoms with Gasteiger partial charge in [0.05, 0.1) is 7.11 Å². The highest BCUT2D eigenvalue weighted by molar-refractivity contribution is 5.28. The van der Waals surface area contributed by atoms with Crippen LogP contribution in [0.25, 0.3) is 0 Å². The van der Waals surface area contributed by atoms with Crippen LogP contribution in [-0.2, 0) is 13.0 Å². The van der Waals surface area contributed by atoms with Crippen LogP contribution in [0.4, 0.5) is 0 Å². The van der Waals surface area contributed by atoms with Crippen LogP contribution in [0.5, 0.6) is 5.75 Å². The summed E-state index contributed by atoms with van der Waals surface area (Å²) in [6.07, 6.45) is 1.96. The quantitative estimate of drug-likeness (QED) is 0.808. The van der Waals surface area contributed by atoms with Crippen molar-refractivity contribution in [2.24, 2.45) is 5.41 Å². The summed E-state index contributed by atoms with van der Waals surface area (Å²) < 4.78 is 5.25. The van der Waals surface area contributed by atoms with Gasteiger partial charge in [-0.3, -0.25) is 4.90 Å². The van der Waals surface area contributed by atoms with Crippen molar-refractivity contribution < 1.29 is 9.84 Å². The Morgan fingerprint density at radius 2 is 1.73 bits per heavy atom. The minimum Gasteiger partial charge on any atom is -0.497 e. The second-order valence-corrected chi connectivity index (χ2v) is 7.90. The van der Waals surface area contributed by atoms with Crippen LogP contribution in [0.15, 0.2) is 48.5 Å². The second-order valence-electron chi connectivity index (χ2n) is 7.90. The topological polar surface area (TPSA) is 32.7 Å². The fraction of sp³-hybridized carbons (Fsp3) is 0.478. The highest BCUT2D eigenvalue weighted by Crippen LogP contribution is 2.43. The normalized spacial score (nSPS) is 21.7. The molecule has 2 aromatic rings. The van der Waals surface area contributed by atoms with E-state index in [9.17, 15) is 0 Å². The predicted octanol–water partition coefficient (Wildman–Crippen LogP) is 4.25. The Morgan fingerprint density at radius 3 is 2.35 bits per heavy atom. The fourth-order valence-electron chi connectivity index (χ4n) is 4.06. The number of methoxy groups -OCH3 is 1. The lowest BCUT2D eigenvalue weighted by Crippen LogP contribution is -2.29. The zero-order valence-corrected chi connectivity index (χ0v) is 16.2. The van der Waals surface area contributed by atoms with Crippen molar-refractivity contribution in [2.45, 2.75) is 39.2 Å². The largest absolute Gasteiger partial charge is 0.497 e. The summed E-state index contributed by atoms with van der Waals surface area (Å²) in [6.45, 7) is 8.27. The summed E-state index contributed by atoms with van der Waals surface area (Å²) in [4.78, 5) is 2.57. The molecule has 0 radical (unpaired) electrons. The number of rotatable bonds is 7. The highest BCUT2D eigenvalue weighted by atomic mass is 16.5. The Balaban J connectivity index is 1.63. The summed E-state index contributed by atoms with van der Waals surface area (Å²) >= 11 is 0. The first kappa shape index (κ1) is 18.9. The van der Waals surface area contributed by atoms with E-state index in [4.69, 9.17) is 9.84 Å². The molecule has 0 unspecified atom stereocenters. The van der Waals surface area contributed by atoms with Crippen molar-refractivity contribution in [3.05, 3.63) is 65.2 Å². The molecule has 3 heteroatoms. The first-order valence-corrected chi connectivity index (χ1v) is 9.59. The van der Waals surface area contributed by atoms with E-state index in [1.165, 1.54) is 23.1 Å². The SMILES string of the molecule is COc1ccc(CN2CC[C@@](C)([C@H](C)c3ccc(CCO)cc3)C2)cc1. The maximum Gasteiger partial charge on any atom is 0.118 e. The third-order valence-corrected chi connectivity index (χ3v) is 6.07. The van der Waals surface area contributed by atoms with Crippen LogP contribution in [0, 0.1) is 5.41 Å². The summed E-state index contributed by atoms with van der Waals surface area (Å²) in [6, 6.07) is 17.2. The average molecular weight is 354 g/mol. The zero-order valence-electron chi connectivity index (χ0n) is 16.2. The van der Waals surface area contributed by atoms with Gasteiger partial charge in [-0.1, -0.05) is 50.2 Å². The molecule has 140 valence electrons. The van der Waals surface area contributed by atoms with Gasteiger partial charge in [0.2, 0.25) is 0 Å². The van der Waals surface area contributed by atoms with E-state index in [0.717, 1.165) is 31.8 Å². The molecule has 1 heterocycles. The van der Waals surface area contributed by atoms with E-state index in [2.05, 4.69) is 55.1 Å². The first-order valence-electron chi connectivity index (χ1n) is 9.59. The number of hydrogen-bond donors (Lipinski definition) is 1. The van der Waals surface area contributed by atoms with Gasteiger partial charge in [-0.2, -0.15) is 0 Å². The maximum atomic E-state index is 9.08. The summed E-state index contributed by atoms with van der Waals surface area (Å²) in [5.74, 6) is 1.44. The molecule has 1 aliphatic rings. The zero-order chi connectivity index (χ0) is 18.6. The minimum atomic E-state index is 0.215. The molecule has 1 saturated heterocycles. The number of hydrogen-bond acceptors (Lipinski definition) is 3. The van der Waals surface area contributed by atoms with Gasteiger partial charge in [0, 0.05) is 19.7 Å². The third kappa shape index (κ3) is 4.28. The van der Waals surface area contributed by atoms with Crippen molar-refractivity contribution in [1.82, 2.24) is 4.90 Å². The van der Waals surface area contributed by atoms with Crippen molar-refractivity contribution in [3.63, 3.8) is 0 Å². The minimum absolute atomic E-state index is 0.215. The lowest BCUT2D eigenvalue weighted by Gasteiger charge is -2.32. The molecule has 0 aromatic heterocycles. The van der Waals surface area contributed by atoms with Gasteiger partial charge >= 0.3 is 0 Å². The highest BCUT2D eigenvalue weighted by Gasteiger charge is 2.38. The van der Waals surface area contributed by atoms with Crippen molar-refractivity contribution >= 4 is 0 Å². The summed E-state index contributed by atoms with van der Waals surface area (Å²) in [5.41, 5.74) is 4.25. The monoisotopic (exact) mass is 353 g/mol. The average Bonchev–Trinajstić information content (AvgIpc) is 3.04. The Morgan fingerprint density at radius 1 is 1.08 bits per heavy atom. The lowest BCUT2D eigenvalue weighted by molar-refractivity contribution is 0.238. The Hall–Kier alpha value is -1.84. The Bertz CT molecular complexity index is 695. The van der Waals surface area contributed by atoms with Crippen LogP contribution in [0.1, 0.15) is 42.9 Å². The van der Waals surface area contributed by atoms with Gasteiger partial charge < -0.3 is 9.84 Å². The molecule has 2 atom stereocenters. The molecule has 0 saturated carbocycles. The molecule has 0 amide bonds. The van der Waals surface area contributed by atoms with Gasteiger partial charge in [-0.05, 0) is 59.5 Å². The predicted molar refractivity (Wildman–Crippen MR) is 107 cm³/mol.